The van der Waals surface area contributed by atoms with Crippen molar-refractivity contribution in [2.75, 3.05) is 0 Å². The lowest BCUT2D eigenvalue weighted by Gasteiger charge is -2.64. The molecule has 0 spiro atoms. The monoisotopic (exact) mass is 123 g/mol. The summed E-state index contributed by atoms with van der Waals surface area (Å²) in [5, 5.41) is 0. The molecule has 2 unspecified atom stereocenters. The van der Waals surface area contributed by atoms with E-state index in [1.807, 2.05) is 0 Å². The Bertz CT molecular complexity index is 126. The van der Waals surface area contributed by atoms with E-state index >= 15 is 0 Å². The first-order valence-electron chi connectivity index (χ1n) is 4.22. The molecule has 3 fully saturated rings. The minimum atomic E-state index is 1.04. The van der Waals surface area contributed by atoms with Crippen molar-refractivity contribution in [3.8, 4) is 0 Å². The van der Waals surface area contributed by atoms with Crippen LogP contribution in [0.15, 0.2) is 0 Å². The van der Waals surface area contributed by atoms with Crippen molar-refractivity contribution < 1.29 is 0 Å². The van der Waals surface area contributed by atoms with Gasteiger partial charge in [-0.3, -0.25) is 4.90 Å². The van der Waals surface area contributed by atoms with Gasteiger partial charge in [-0.15, -0.1) is 0 Å². The fourth-order valence-electron chi connectivity index (χ4n) is 2.95. The molecule has 0 saturated carbocycles. The van der Waals surface area contributed by atoms with Gasteiger partial charge in [0.05, 0.1) is 0 Å². The van der Waals surface area contributed by atoms with Gasteiger partial charge >= 0.3 is 0 Å². The van der Waals surface area contributed by atoms with Crippen molar-refractivity contribution in [2.45, 2.75) is 50.2 Å². The lowest BCUT2D eigenvalue weighted by molar-refractivity contribution is -0.143. The van der Waals surface area contributed by atoms with Crippen LogP contribution in [-0.2, 0) is 0 Å². The zero-order valence-electron chi connectivity index (χ0n) is 5.71. The summed E-state index contributed by atoms with van der Waals surface area (Å²) in [5.74, 6) is 0. The van der Waals surface area contributed by atoms with Crippen LogP contribution in [0, 0.1) is 0 Å². The molecular weight excluding hydrogens is 110 g/mol. The van der Waals surface area contributed by atoms with Crippen LogP contribution in [0.25, 0.3) is 0 Å². The van der Waals surface area contributed by atoms with Crippen molar-refractivity contribution in [3.63, 3.8) is 0 Å². The highest BCUT2D eigenvalue weighted by Crippen LogP contribution is 2.48. The second-order valence-electron chi connectivity index (χ2n) is 3.81. The van der Waals surface area contributed by atoms with Crippen LogP contribution in [0.1, 0.15) is 32.1 Å². The molecular formula is C8H13N. The van der Waals surface area contributed by atoms with E-state index in [4.69, 9.17) is 0 Å². The highest BCUT2D eigenvalue weighted by atomic mass is 15.3. The van der Waals surface area contributed by atoms with Crippen molar-refractivity contribution in [1.82, 2.24) is 4.90 Å². The first-order chi connectivity index (χ1) is 4.45. The van der Waals surface area contributed by atoms with Crippen LogP contribution >= 0.6 is 0 Å². The summed E-state index contributed by atoms with van der Waals surface area (Å²) in [6.45, 7) is 0. The zero-order chi connectivity index (χ0) is 5.84. The van der Waals surface area contributed by atoms with Gasteiger partial charge in [-0.25, -0.2) is 0 Å². The average Bonchev–Trinajstić information content (AvgIpc) is 1.73. The topological polar surface area (TPSA) is 3.24 Å². The molecule has 0 aromatic rings. The first-order valence-corrected chi connectivity index (χ1v) is 4.22. The Hall–Kier alpha value is -0.0400. The fourth-order valence-corrected chi connectivity index (χ4v) is 2.95. The Morgan fingerprint density at radius 1 is 0.889 bits per heavy atom. The lowest BCUT2D eigenvalue weighted by Crippen LogP contribution is -2.71. The zero-order valence-corrected chi connectivity index (χ0v) is 5.71. The molecule has 0 aromatic carbocycles. The van der Waals surface area contributed by atoms with Gasteiger partial charge in [-0.1, -0.05) is 6.42 Å². The number of hydrogen-bond donors (Lipinski definition) is 0. The largest absolute Gasteiger partial charge is 0.294 e. The third kappa shape index (κ3) is 0.420. The Kier molecular flexibility index (Phi) is 0.704. The van der Waals surface area contributed by atoms with Gasteiger partial charge in [0.15, 0.2) is 0 Å². The second-order valence-corrected chi connectivity index (χ2v) is 3.81. The molecule has 3 rings (SSSR count). The highest BCUT2D eigenvalue weighted by molar-refractivity contribution is 5.08. The van der Waals surface area contributed by atoms with Gasteiger partial charge in [-0.2, -0.15) is 0 Å². The minimum Gasteiger partial charge on any atom is -0.294 e. The second kappa shape index (κ2) is 1.34. The van der Waals surface area contributed by atoms with E-state index in [-0.39, 0.29) is 0 Å². The molecule has 0 amide bonds. The van der Waals surface area contributed by atoms with Crippen molar-refractivity contribution >= 4 is 0 Å². The maximum absolute atomic E-state index is 2.75. The molecule has 2 atom stereocenters. The summed E-state index contributed by atoms with van der Waals surface area (Å²) in [5.41, 5.74) is 0. The van der Waals surface area contributed by atoms with Crippen LogP contribution in [0.2, 0.25) is 0 Å². The maximum Gasteiger partial charge on any atom is 0.0131 e. The van der Waals surface area contributed by atoms with Gasteiger partial charge < -0.3 is 0 Å². The van der Waals surface area contributed by atoms with E-state index in [9.17, 15) is 0 Å². The Morgan fingerprint density at radius 2 is 1.56 bits per heavy atom. The van der Waals surface area contributed by atoms with Crippen molar-refractivity contribution in [1.29, 1.82) is 0 Å². The molecule has 3 aliphatic heterocycles. The molecule has 0 bridgehead atoms. The molecule has 0 aromatic heterocycles. The molecule has 0 aliphatic carbocycles. The standard InChI is InChI=1S/C8H13N/c1-2-6-4-8-5-7(3-1)9(6)8/h6-8H,1-5H2. The van der Waals surface area contributed by atoms with E-state index in [2.05, 4.69) is 4.90 Å². The van der Waals surface area contributed by atoms with E-state index in [0.29, 0.717) is 0 Å². The number of hydrogen-bond acceptors (Lipinski definition) is 1. The summed E-state index contributed by atoms with van der Waals surface area (Å²) in [6, 6.07) is 3.14. The fraction of sp³-hybridized carbons (Fsp3) is 1.00. The molecule has 1 nitrogen and oxygen atoms in total. The van der Waals surface area contributed by atoms with Crippen LogP contribution < -0.4 is 0 Å². The molecule has 9 heavy (non-hydrogen) atoms. The minimum absolute atomic E-state index is 1.04. The quantitative estimate of drug-likeness (QED) is 0.470. The Labute approximate surface area is 56.0 Å². The van der Waals surface area contributed by atoms with E-state index in [1.165, 1.54) is 32.1 Å². The van der Waals surface area contributed by atoms with Crippen molar-refractivity contribution in [3.05, 3.63) is 0 Å². The third-order valence-electron chi connectivity index (χ3n) is 3.43. The Balaban J connectivity index is 1.84. The first kappa shape index (κ1) is 4.73. The van der Waals surface area contributed by atoms with Crippen LogP contribution in [0.5, 0.6) is 0 Å². The molecule has 0 N–H and O–H groups in total. The smallest absolute Gasteiger partial charge is 0.0131 e. The van der Waals surface area contributed by atoms with Crippen LogP contribution in [-0.4, -0.2) is 23.0 Å². The van der Waals surface area contributed by atoms with E-state index in [0.717, 1.165) is 18.1 Å². The Morgan fingerprint density at radius 3 is 2.00 bits per heavy atom. The van der Waals surface area contributed by atoms with E-state index < -0.39 is 0 Å². The number of piperidine rings is 2. The predicted octanol–water partition coefficient (Wildman–Crippen LogP) is 1.39. The van der Waals surface area contributed by atoms with Crippen LogP contribution in [0.3, 0.4) is 0 Å². The summed E-state index contributed by atoms with van der Waals surface area (Å²) >= 11 is 0. The number of nitrogens with zero attached hydrogens (tertiary/aromatic N) is 1. The SMILES string of the molecule is C1CC2CC3CC(C1)N23. The van der Waals surface area contributed by atoms with Gasteiger partial charge in [-0.05, 0) is 25.7 Å². The molecule has 1 heteroatoms. The summed E-state index contributed by atoms with van der Waals surface area (Å²) < 4.78 is 0. The maximum atomic E-state index is 2.75. The predicted molar refractivity (Wildman–Crippen MR) is 36.3 cm³/mol. The average molecular weight is 123 g/mol. The van der Waals surface area contributed by atoms with Gasteiger partial charge in [0, 0.05) is 18.1 Å². The van der Waals surface area contributed by atoms with Gasteiger partial charge in [0.1, 0.15) is 0 Å². The van der Waals surface area contributed by atoms with E-state index in [1.54, 1.807) is 0 Å². The summed E-state index contributed by atoms with van der Waals surface area (Å²) in [7, 11) is 0. The summed E-state index contributed by atoms with van der Waals surface area (Å²) in [6.07, 6.45) is 7.60. The lowest BCUT2D eigenvalue weighted by atomic mass is 9.70. The number of rotatable bonds is 0. The normalized spacial score (nSPS) is 55.3. The van der Waals surface area contributed by atoms with Gasteiger partial charge in [0.2, 0.25) is 0 Å². The highest BCUT2D eigenvalue weighted by Gasteiger charge is 2.52. The molecule has 3 aliphatic rings. The van der Waals surface area contributed by atoms with Crippen LogP contribution in [0.4, 0.5) is 0 Å². The summed E-state index contributed by atoms with van der Waals surface area (Å²) in [4.78, 5) is 2.75. The molecule has 3 heterocycles. The van der Waals surface area contributed by atoms with Gasteiger partial charge in [0.25, 0.3) is 0 Å². The molecule has 50 valence electrons. The molecule has 3 saturated heterocycles. The van der Waals surface area contributed by atoms with Crippen molar-refractivity contribution in [2.24, 2.45) is 0 Å². The molecule has 0 radical (unpaired) electrons. The third-order valence-corrected chi connectivity index (χ3v) is 3.43.